The molecule has 20 heavy (non-hydrogen) atoms. The first-order chi connectivity index (χ1) is 9.35. The van der Waals surface area contributed by atoms with Gasteiger partial charge in [-0.1, -0.05) is 13.3 Å². The molecule has 114 valence electrons. The Kier molecular flexibility index (Phi) is 6.34. The van der Waals surface area contributed by atoms with Crippen molar-refractivity contribution in [2.75, 3.05) is 7.11 Å². The smallest absolute Gasteiger partial charge is 0.124 e. The van der Waals surface area contributed by atoms with Gasteiger partial charge in [0.1, 0.15) is 11.5 Å². The average molecular weight is 279 g/mol. The molecule has 0 aliphatic rings. The van der Waals surface area contributed by atoms with E-state index in [-0.39, 0.29) is 11.6 Å². The summed E-state index contributed by atoms with van der Waals surface area (Å²) in [6.45, 7) is 11.5. The second-order valence-electron chi connectivity index (χ2n) is 6.29. The molecule has 0 aliphatic heterocycles. The zero-order valence-corrected chi connectivity index (χ0v) is 13.7. The van der Waals surface area contributed by atoms with Gasteiger partial charge in [0.2, 0.25) is 0 Å². The lowest BCUT2D eigenvalue weighted by Crippen LogP contribution is -2.35. The predicted molar refractivity (Wildman–Crippen MR) is 84.6 cm³/mol. The van der Waals surface area contributed by atoms with E-state index >= 15 is 0 Å². The topological polar surface area (TPSA) is 30.5 Å². The Morgan fingerprint density at radius 1 is 1.25 bits per heavy atom. The van der Waals surface area contributed by atoms with E-state index in [9.17, 15) is 0 Å². The van der Waals surface area contributed by atoms with E-state index in [1.54, 1.807) is 7.11 Å². The molecule has 0 saturated carbocycles. The molecule has 0 amide bonds. The van der Waals surface area contributed by atoms with Gasteiger partial charge in [0.05, 0.1) is 13.2 Å². The molecule has 0 bridgehead atoms. The van der Waals surface area contributed by atoms with Gasteiger partial charge in [0.25, 0.3) is 0 Å². The van der Waals surface area contributed by atoms with Gasteiger partial charge in [-0.3, -0.25) is 0 Å². The molecule has 0 fully saturated rings. The van der Waals surface area contributed by atoms with Crippen LogP contribution in [-0.4, -0.2) is 18.8 Å². The van der Waals surface area contributed by atoms with Gasteiger partial charge in [-0.2, -0.15) is 0 Å². The lowest BCUT2D eigenvalue weighted by molar-refractivity contribution is 0.206. The average Bonchev–Trinajstić information content (AvgIpc) is 2.37. The number of hydrogen-bond acceptors (Lipinski definition) is 3. The second-order valence-corrected chi connectivity index (χ2v) is 6.29. The zero-order valence-electron chi connectivity index (χ0n) is 13.7. The number of nitrogens with one attached hydrogen (secondary N) is 1. The minimum Gasteiger partial charge on any atom is -0.497 e. The Morgan fingerprint density at radius 3 is 2.50 bits per heavy atom. The highest BCUT2D eigenvalue weighted by molar-refractivity contribution is 5.40. The normalized spacial score (nSPS) is 13.1. The van der Waals surface area contributed by atoms with Crippen molar-refractivity contribution in [3.8, 4) is 11.5 Å². The Balaban J connectivity index is 2.86. The highest BCUT2D eigenvalue weighted by Crippen LogP contribution is 2.26. The number of rotatable bonds is 7. The third kappa shape index (κ3) is 5.83. The minimum absolute atomic E-state index is 0.0788. The van der Waals surface area contributed by atoms with E-state index in [1.165, 1.54) is 0 Å². The third-order valence-corrected chi connectivity index (χ3v) is 3.10. The molecule has 1 rings (SSSR count). The van der Waals surface area contributed by atoms with E-state index in [1.807, 2.05) is 18.2 Å². The van der Waals surface area contributed by atoms with Crippen LogP contribution >= 0.6 is 0 Å². The molecule has 1 aromatic rings. The van der Waals surface area contributed by atoms with Crippen molar-refractivity contribution in [3.05, 3.63) is 23.8 Å². The van der Waals surface area contributed by atoms with Gasteiger partial charge in [-0.25, -0.2) is 0 Å². The van der Waals surface area contributed by atoms with Gasteiger partial charge < -0.3 is 14.8 Å². The van der Waals surface area contributed by atoms with Gasteiger partial charge in [0.15, 0.2) is 0 Å². The molecule has 1 N–H and O–H groups in total. The van der Waals surface area contributed by atoms with E-state index in [2.05, 4.69) is 39.9 Å². The monoisotopic (exact) mass is 279 g/mol. The molecular weight excluding hydrogens is 250 g/mol. The maximum Gasteiger partial charge on any atom is 0.124 e. The summed E-state index contributed by atoms with van der Waals surface area (Å²) in [7, 11) is 1.69. The van der Waals surface area contributed by atoms with Crippen molar-refractivity contribution in [2.45, 2.75) is 65.6 Å². The highest BCUT2D eigenvalue weighted by Gasteiger charge is 2.13. The minimum atomic E-state index is 0.0788. The largest absolute Gasteiger partial charge is 0.497 e. The number of benzene rings is 1. The third-order valence-electron chi connectivity index (χ3n) is 3.10. The molecule has 3 heteroatoms. The summed E-state index contributed by atoms with van der Waals surface area (Å²) >= 11 is 0. The van der Waals surface area contributed by atoms with Crippen molar-refractivity contribution >= 4 is 0 Å². The number of ether oxygens (including phenoxy) is 2. The van der Waals surface area contributed by atoms with Crippen molar-refractivity contribution < 1.29 is 9.47 Å². The highest BCUT2D eigenvalue weighted by atomic mass is 16.5. The first-order valence-electron chi connectivity index (χ1n) is 7.44. The first kappa shape index (κ1) is 16.8. The Bertz CT molecular complexity index is 410. The van der Waals surface area contributed by atoms with Crippen LogP contribution in [0.25, 0.3) is 0 Å². The molecule has 0 saturated heterocycles. The number of methoxy groups -OCH3 is 1. The molecule has 1 unspecified atom stereocenters. The molecule has 3 nitrogen and oxygen atoms in total. The molecule has 0 aromatic heterocycles. The van der Waals surface area contributed by atoms with Crippen LogP contribution in [0.1, 0.15) is 53.0 Å². The summed E-state index contributed by atoms with van der Waals surface area (Å²) in [5.74, 6) is 1.81. The maximum absolute atomic E-state index is 6.06. The lowest BCUT2D eigenvalue weighted by atomic mass is 10.1. The van der Waals surface area contributed by atoms with Gasteiger partial charge in [-0.15, -0.1) is 0 Å². The summed E-state index contributed by atoms with van der Waals surface area (Å²) < 4.78 is 11.4. The van der Waals surface area contributed by atoms with E-state index in [0.29, 0.717) is 0 Å². The molecular formula is C17H29NO2. The quantitative estimate of drug-likeness (QED) is 0.813. The van der Waals surface area contributed by atoms with Crippen LogP contribution in [-0.2, 0) is 6.54 Å². The molecule has 0 radical (unpaired) electrons. The molecule has 1 aromatic carbocycles. The summed E-state index contributed by atoms with van der Waals surface area (Å²) in [6, 6.07) is 6.01. The second kappa shape index (κ2) is 7.53. The summed E-state index contributed by atoms with van der Waals surface area (Å²) in [5.41, 5.74) is 1.22. The first-order valence-corrected chi connectivity index (χ1v) is 7.44. The van der Waals surface area contributed by atoms with Crippen molar-refractivity contribution in [3.63, 3.8) is 0 Å². The van der Waals surface area contributed by atoms with Crippen LogP contribution in [0.15, 0.2) is 18.2 Å². The maximum atomic E-state index is 6.06. The zero-order chi connectivity index (χ0) is 15.2. The predicted octanol–water partition coefficient (Wildman–Crippen LogP) is 4.15. The van der Waals surface area contributed by atoms with Gasteiger partial charge in [0, 0.05) is 17.6 Å². The van der Waals surface area contributed by atoms with Gasteiger partial charge >= 0.3 is 0 Å². The fourth-order valence-corrected chi connectivity index (χ4v) is 1.98. The van der Waals surface area contributed by atoms with E-state index < -0.39 is 0 Å². The summed E-state index contributed by atoms with van der Waals surface area (Å²) in [6.07, 6.45) is 2.44. The Labute approximate surface area is 123 Å². The molecule has 0 aliphatic carbocycles. The van der Waals surface area contributed by atoms with Crippen LogP contribution in [0, 0.1) is 0 Å². The Hall–Kier alpha value is -1.22. The molecule has 0 spiro atoms. The van der Waals surface area contributed by atoms with E-state index in [0.717, 1.165) is 36.4 Å². The van der Waals surface area contributed by atoms with Crippen LogP contribution in [0.3, 0.4) is 0 Å². The molecule has 0 heterocycles. The standard InChI is InChI=1S/C17H29NO2/c1-7-8-13(2)20-16-10-9-15(19-6)11-14(16)12-18-17(3,4)5/h9-11,13,18H,7-8,12H2,1-6H3. The van der Waals surface area contributed by atoms with E-state index in [4.69, 9.17) is 9.47 Å². The fourth-order valence-electron chi connectivity index (χ4n) is 1.98. The lowest BCUT2D eigenvalue weighted by Gasteiger charge is -2.23. The SMILES string of the molecule is CCCC(C)Oc1ccc(OC)cc1CNC(C)(C)C. The van der Waals surface area contributed by atoms with Crippen molar-refractivity contribution in [2.24, 2.45) is 0 Å². The van der Waals surface area contributed by atoms with Crippen LogP contribution in [0.2, 0.25) is 0 Å². The van der Waals surface area contributed by atoms with Crippen molar-refractivity contribution in [1.29, 1.82) is 0 Å². The Morgan fingerprint density at radius 2 is 1.95 bits per heavy atom. The van der Waals surface area contributed by atoms with Crippen molar-refractivity contribution in [1.82, 2.24) is 5.32 Å². The summed E-state index contributed by atoms with van der Waals surface area (Å²) in [4.78, 5) is 0. The van der Waals surface area contributed by atoms with Gasteiger partial charge in [-0.05, 0) is 52.3 Å². The number of hydrogen-bond donors (Lipinski definition) is 1. The molecule has 1 atom stereocenters. The summed E-state index contributed by atoms with van der Waals surface area (Å²) in [5, 5.41) is 3.50. The van der Waals surface area contributed by atoms with Crippen LogP contribution < -0.4 is 14.8 Å². The fraction of sp³-hybridized carbons (Fsp3) is 0.647. The van der Waals surface area contributed by atoms with Crippen LogP contribution in [0.4, 0.5) is 0 Å². The van der Waals surface area contributed by atoms with Crippen LogP contribution in [0.5, 0.6) is 11.5 Å².